The van der Waals surface area contributed by atoms with Gasteiger partial charge in [0.25, 0.3) is 0 Å². The van der Waals surface area contributed by atoms with Gasteiger partial charge in [-0.2, -0.15) is 0 Å². The number of methoxy groups -OCH3 is 2. The van der Waals surface area contributed by atoms with E-state index in [1.165, 1.54) is 19.8 Å². The summed E-state index contributed by atoms with van der Waals surface area (Å²) in [5, 5.41) is 2.66. The molecule has 0 aliphatic rings. The molecule has 0 saturated carbocycles. The number of ether oxygens (including phenoxy) is 4. The molecule has 0 radical (unpaired) electrons. The molecule has 2 rings (SSSR count). The number of hydrogen-bond donors (Lipinski definition) is 1. The third kappa shape index (κ3) is 11.9. The van der Waals surface area contributed by atoms with E-state index in [4.69, 9.17) is 14.2 Å². The van der Waals surface area contributed by atoms with E-state index in [1.54, 1.807) is 45.0 Å². The Balaban J connectivity index is 2.23. The monoisotopic (exact) mass is 567 g/mol. The molecule has 2 aromatic rings. The van der Waals surface area contributed by atoms with Gasteiger partial charge in [-0.05, 0) is 70.6 Å². The molecule has 9 heteroatoms. The van der Waals surface area contributed by atoms with E-state index in [9.17, 15) is 19.2 Å². The van der Waals surface area contributed by atoms with E-state index >= 15 is 0 Å². The second-order valence-electron chi connectivity index (χ2n) is 11.2. The van der Waals surface area contributed by atoms with E-state index in [-0.39, 0.29) is 12.0 Å². The Labute approximate surface area is 242 Å². The van der Waals surface area contributed by atoms with Crippen molar-refractivity contribution in [3.05, 3.63) is 82.9 Å². The molecule has 2 aromatic carbocycles. The summed E-state index contributed by atoms with van der Waals surface area (Å²) in [6.45, 7) is 8.83. The van der Waals surface area contributed by atoms with Gasteiger partial charge in [-0.25, -0.2) is 19.2 Å². The van der Waals surface area contributed by atoms with Crippen molar-refractivity contribution in [1.29, 1.82) is 0 Å². The predicted octanol–water partition coefficient (Wildman–Crippen LogP) is 5.41. The van der Waals surface area contributed by atoms with Crippen LogP contribution in [0.4, 0.5) is 4.79 Å². The van der Waals surface area contributed by atoms with Crippen molar-refractivity contribution in [2.75, 3.05) is 14.2 Å². The van der Waals surface area contributed by atoms with Crippen molar-refractivity contribution < 1.29 is 38.1 Å². The number of carbonyl (C=O) groups excluding carboxylic acids is 4. The molecule has 1 N–H and O–H groups in total. The van der Waals surface area contributed by atoms with Crippen LogP contribution in [0.15, 0.2) is 66.2 Å². The summed E-state index contributed by atoms with van der Waals surface area (Å²) in [4.78, 5) is 50.3. The molecule has 0 aromatic heterocycles. The molecule has 0 heterocycles. The van der Waals surface area contributed by atoms with Crippen molar-refractivity contribution in [1.82, 2.24) is 5.32 Å². The van der Waals surface area contributed by atoms with E-state index in [1.807, 2.05) is 32.0 Å². The molecule has 0 fully saturated rings. The smallest absolute Gasteiger partial charge is 0.408 e. The largest absolute Gasteiger partial charge is 0.466 e. The summed E-state index contributed by atoms with van der Waals surface area (Å²) in [6, 6.07) is 15.6. The van der Waals surface area contributed by atoms with Crippen molar-refractivity contribution in [3.8, 4) is 0 Å². The third-order valence-corrected chi connectivity index (χ3v) is 5.98. The zero-order chi connectivity index (χ0) is 30.6. The first-order valence-corrected chi connectivity index (χ1v) is 13.4. The minimum Gasteiger partial charge on any atom is -0.466 e. The zero-order valence-corrected chi connectivity index (χ0v) is 24.9. The minimum absolute atomic E-state index is 0.0234. The lowest BCUT2D eigenvalue weighted by atomic mass is 9.98. The van der Waals surface area contributed by atoms with E-state index in [0.717, 1.165) is 18.9 Å². The molecular weight excluding hydrogens is 526 g/mol. The molecule has 0 spiro atoms. The highest BCUT2D eigenvalue weighted by atomic mass is 16.6. The number of esters is 3. The molecule has 1 atom stereocenters. The van der Waals surface area contributed by atoms with Crippen molar-refractivity contribution in [2.24, 2.45) is 0 Å². The molecule has 222 valence electrons. The summed E-state index contributed by atoms with van der Waals surface area (Å²) < 4.78 is 20.7. The van der Waals surface area contributed by atoms with Crippen molar-refractivity contribution in [3.63, 3.8) is 0 Å². The molecule has 9 nitrogen and oxygen atoms in total. The van der Waals surface area contributed by atoms with Gasteiger partial charge < -0.3 is 24.3 Å². The summed E-state index contributed by atoms with van der Waals surface area (Å²) in [6.07, 6.45) is 2.58. The van der Waals surface area contributed by atoms with Gasteiger partial charge in [0.2, 0.25) is 0 Å². The molecule has 0 bridgehead atoms. The molecule has 0 aliphatic carbocycles. The lowest BCUT2D eigenvalue weighted by Gasteiger charge is -2.28. The second-order valence-corrected chi connectivity index (χ2v) is 11.2. The Hall–Kier alpha value is -4.14. The lowest BCUT2D eigenvalue weighted by molar-refractivity contribution is -0.157. The number of carbonyl (C=O) groups is 4. The first-order valence-electron chi connectivity index (χ1n) is 13.4. The minimum atomic E-state index is -1.19. The first-order chi connectivity index (χ1) is 19.2. The summed E-state index contributed by atoms with van der Waals surface area (Å²) in [5.74, 6) is -2.07. The SMILES string of the molecule is COC(=O)/C=C(/Cc1cccc(C(NC(=O)OC(C)(C)CCCc2ccccc2)C(=O)OC(C)(C)C)c1)C(=O)OC. The van der Waals surface area contributed by atoms with Crippen molar-refractivity contribution in [2.45, 2.75) is 77.5 Å². The highest BCUT2D eigenvalue weighted by Gasteiger charge is 2.31. The summed E-state index contributed by atoms with van der Waals surface area (Å²) in [7, 11) is 2.41. The number of aryl methyl sites for hydroxylation is 1. The van der Waals surface area contributed by atoms with Crippen LogP contribution in [0.25, 0.3) is 0 Å². The fraction of sp³-hybridized carbons (Fsp3) is 0.438. The molecule has 41 heavy (non-hydrogen) atoms. The van der Waals surface area contributed by atoms with Crippen LogP contribution >= 0.6 is 0 Å². The molecule has 0 aliphatic heterocycles. The molecule has 1 amide bonds. The average molecular weight is 568 g/mol. The second kappa shape index (κ2) is 15.0. The van der Waals surface area contributed by atoms with Gasteiger partial charge in [0.15, 0.2) is 6.04 Å². The van der Waals surface area contributed by atoms with Crippen LogP contribution < -0.4 is 5.32 Å². The fourth-order valence-electron chi connectivity index (χ4n) is 4.07. The Kier molecular flexibility index (Phi) is 12.1. The zero-order valence-electron chi connectivity index (χ0n) is 24.9. The number of rotatable bonds is 12. The maximum atomic E-state index is 13.2. The van der Waals surface area contributed by atoms with Crippen LogP contribution in [0.1, 0.15) is 70.2 Å². The highest BCUT2D eigenvalue weighted by molar-refractivity contribution is 5.96. The van der Waals surface area contributed by atoms with Gasteiger partial charge in [0.05, 0.1) is 14.2 Å². The Bertz CT molecular complexity index is 1230. The number of nitrogens with one attached hydrogen (secondary N) is 1. The number of benzene rings is 2. The maximum absolute atomic E-state index is 13.2. The Morgan fingerprint density at radius 3 is 2.12 bits per heavy atom. The predicted molar refractivity (Wildman–Crippen MR) is 154 cm³/mol. The molecule has 1 unspecified atom stereocenters. The molecule has 0 saturated heterocycles. The van der Waals surface area contributed by atoms with Crippen LogP contribution in [0.5, 0.6) is 0 Å². The van der Waals surface area contributed by atoms with Crippen LogP contribution in [0.3, 0.4) is 0 Å². The highest BCUT2D eigenvalue weighted by Crippen LogP contribution is 2.24. The van der Waals surface area contributed by atoms with Crippen molar-refractivity contribution >= 4 is 24.0 Å². The van der Waals surface area contributed by atoms with Gasteiger partial charge >= 0.3 is 24.0 Å². The van der Waals surface area contributed by atoms with Crippen LogP contribution in [0, 0.1) is 0 Å². The van der Waals surface area contributed by atoms with Gasteiger partial charge in [-0.3, -0.25) is 0 Å². The standard InChI is InChI=1S/C32H41NO8/c1-31(2,3)40-29(36)27(33-30(37)41-32(4,5)18-12-16-22-13-9-8-10-14-22)24-17-11-15-23(19-24)20-25(28(35)39-7)21-26(34)38-6/h8-11,13-15,17,19,21,27H,12,16,18,20H2,1-7H3,(H,33,37)/b25-21-. The lowest BCUT2D eigenvalue weighted by Crippen LogP contribution is -2.41. The number of alkyl carbamates (subject to hydrolysis) is 1. The van der Waals surface area contributed by atoms with Crippen LogP contribution in [-0.2, 0) is 46.2 Å². The summed E-state index contributed by atoms with van der Waals surface area (Å²) >= 11 is 0. The van der Waals surface area contributed by atoms with E-state index in [0.29, 0.717) is 17.5 Å². The molecular formula is C32H41NO8. The van der Waals surface area contributed by atoms with Crippen LogP contribution in [0.2, 0.25) is 0 Å². The van der Waals surface area contributed by atoms with Gasteiger partial charge in [0.1, 0.15) is 11.2 Å². The number of amides is 1. The van der Waals surface area contributed by atoms with Gasteiger partial charge in [-0.15, -0.1) is 0 Å². The fourth-order valence-corrected chi connectivity index (χ4v) is 4.07. The van der Waals surface area contributed by atoms with Gasteiger partial charge in [0, 0.05) is 18.1 Å². The topological polar surface area (TPSA) is 117 Å². The maximum Gasteiger partial charge on any atom is 0.408 e. The Morgan fingerprint density at radius 2 is 1.51 bits per heavy atom. The third-order valence-electron chi connectivity index (χ3n) is 5.98. The first kappa shape index (κ1) is 33.1. The number of hydrogen-bond acceptors (Lipinski definition) is 8. The quantitative estimate of drug-likeness (QED) is 0.206. The normalized spacial score (nSPS) is 12.6. The van der Waals surface area contributed by atoms with E-state index in [2.05, 4.69) is 22.2 Å². The van der Waals surface area contributed by atoms with Crippen LogP contribution in [-0.4, -0.2) is 49.4 Å². The summed E-state index contributed by atoms with van der Waals surface area (Å²) in [5.41, 5.74) is 0.680. The Morgan fingerprint density at radius 1 is 0.854 bits per heavy atom. The van der Waals surface area contributed by atoms with E-state index < -0.39 is 41.2 Å². The van der Waals surface area contributed by atoms with Gasteiger partial charge in [-0.1, -0.05) is 54.6 Å². The average Bonchev–Trinajstić information content (AvgIpc) is 2.90.